The number of amides is 1. The minimum absolute atomic E-state index is 0.110. The van der Waals surface area contributed by atoms with E-state index >= 15 is 0 Å². The Bertz CT molecular complexity index is 429. The van der Waals surface area contributed by atoms with Crippen molar-refractivity contribution in [3.8, 4) is 5.75 Å². The number of fused-ring (bicyclic) bond motifs is 1. The Labute approximate surface area is 115 Å². The van der Waals surface area contributed by atoms with E-state index in [1.54, 1.807) is 0 Å². The van der Waals surface area contributed by atoms with Crippen LogP contribution in [0, 0.1) is 0 Å². The molecular formula is C16H23NO2. The Balaban J connectivity index is 1.97. The summed E-state index contributed by atoms with van der Waals surface area (Å²) < 4.78 is 5.89. The van der Waals surface area contributed by atoms with Crippen molar-refractivity contribution in [3.63, 3.8) is 0 Å². The lowest BCUT2D eigenvalue weighted by atomic mass is 10.1. The molecule has 1 aromatic rings. The second-order valence-electron chi connectivity index (χ2n) is 5.09. The van der Waals surface area contributed by atoms with E-state index in [0.717, 1.165) is 42.9 Å². The summed E-state index contributed by atoms with van der Waals surface area (Å²) in [4.78, 5) is 11.5. The number of anilines is 1. The topological polar surface area (TPSA) is 38.3 Å². The molecule has 1 aromatic carbocycles. The molecule has 0 fully saturated rings. The number of hydrogen-bond acceptors (Lipinski definition) is 2. The molecule has 19 heavy (non-hydrogen) atoms. The van der Waals surface area contributed by atoms with Crippen LogP contribution in [0.15, 0.2) is 18.2 Å². The van der Waals surface area contributed by atoms with E-state index in [2.05, 4.69) is 12.2 Å². The van der Waals surface area contributed by atoms with Crippen molar-refractivity contribution in [2.75, 3.05) is 11.9 Å². The van der Waals surface area contributed by atoms with Gasteiger partial charge in [-0.05, 0) is 31.4 Å². The fourth-order valence-corrected chi connectivity index (χ4v) is 2.43. The second-order valence-corrected chi connectivity index (χ2v) is 5.09. The fourth-order valence-electron chi connectivity index (χ4n) is 2.43. The van der Waals surface area contributed by atoms with Gasteiger partial charge in [0.05, 0.1) is 6.61 Å². The predicted octanol–water partition coefficient (Wildman–Crippen LogP) is 3.92. The summed E-state index contributed by atoms with van der Waals surface area (Å²) in [5.41, 5.74) is 2.08. The first-order valence-corrected chi connectivity index (χ1v) is 7.36. The van der Waals surface area contributed by atoms with Crippen LogP contribution in [-0.2, 0) is 11.2 Å². The minimum atomic E-state index is 0.110. The summed E-state index contributed by atoms with van der Waals surface area (Å²) in [6, 6.07) is 5.92. The van der Waals surface area contributed by atoms with Crippen molar-refractivity contribution < 1.29 is 9.53 Å². The molecule has 1 heterocycles. The van der Waals surface area contributed by atoms with E-state index in [-0.39, 0.29) is 5.91 Å². The molecule has 2 rings (SSSR count). The molecule has 1 N–H and O–H groups in total. The predicted molar refractivity (Wildman–Crippen MR) is 77.6 cm³/mol. The summed E-state index contributed by atoms with van der Waals surface area (Å²) in [5.74, 6) is 1.05. The molecule has 0 aromatic heterocycles. The van der Waals surface area contributed by atoms with Crippen LogP contribution in [0.25, 0.3) is 0 Å². The average Bonchev–Trinajstić information content (AvgIpc) is 2.59. The lowest BCUT2D eigenvalue weighted by Gasteiger charge is -2.13. The normalized spacial score (nSPS) is 14.5. The maximum atomic E-state index is 11.5. The quantitative estimate of drug-likeness (QED) is 0.788. The summed E-state index contributed by atoms with van der Waals surface area (Å²) in [7, 11) is 0. The largest absolute Gasteiger partial charge is 0.493 e. The van der Waals surface area contributed by atoms with Crippen LogP contribution in [0.1, 0.15) is 51.0 Å². The number of carbonyl (C=O) groups excluding carboxylic acids is 1. The minimum Gasteiger partial charge on any atom is -0.493 e. The number of carbonyl (C=O) groups is 1. The van der Waals surface area contributed by atoms with Gasteiger partial charge in [-0.2, -0.15) is 0 Å². The maximum absolute atomic E-state index is 11.5. The highest BCUT2D eigenvalue weighted by Crippen LogP contribution is 2.30. The highest BCUT2D eigenvalue weighted by Gasteiger charge is 2.16. The molecule has 1 aliphatic rings. The van der Waals surface area contributed by atoms with Gasteiger partial charge in [-0.15, -0.1) is 0 Å². The molecule has 3 nitrogen and oxygen atoms in total. The van der Waals surface area contributed by atoms with Crippen molar-refractivity contribution >= 4 is 11.6 Å². The zero-order valence-electron chi connectivity index (χ0n) is 11.7. The third-order valence-corrected chi connectivity index (χ3v) is 3.49. The van der Waals surface area contributed by atoms with E-state index in [4.69, 9.17) is 4.74 Å². The van der Waals surface area contributed by atoms with Crippen LogP contribution in [-0.4, -0.2) is 12.5 Å². The molecule has 0 atom stereocenters. The molecule has 0 saturated heterocycles. The Morgan fingerprint density at radius 3 is 2.95 bits per heavy atom. The molecule has 3 heteroatoms. The van der Waals surface area contributed by atoms with Gasteiger partial charge in [-0.25, -0.2) is 0 Å². The lowest BCUT2D eigenvalue weighted by Crippen LogP contribution is -2.09. The highest BCUT2D eigenvalue weighted by atomic mass is 16.5. The van der Waals surface area contributed by atoms with Gasteiger partial charge in [0.25, 0.3) is 0 Å². The fraction of sp³-hybridized carbons (Fsp3) is 0.562. The summed E-state index contributed by atoms with van der Waals surface area (Å²) in [6.07, 6.45) is 7.25. The van der Waals surface area contributed by atoms with Crippen molar-refractivity contribution in [2.45, 2.75) is 51.9 Å². The third kappa shape index (κ3) is 3.98. The molecule has 1 aliphatic heterocycles. The number of unbranched alkanes of at least 4 members (excludes halogenated alkanes) is 3. The monoisotopic (exact) mass is 261 g/mol. The summed E-state index contributed by atoms with van der Waals surface area (Å²) in [5, 5.41) is 2.95. The zero-order chi connectivity index (χ0) is 13.5. The summed E-state index contributed by atoms with van der Waals surface area (Å²) in [6.45, 7) is 2.98. The van der Waals surface area contributed by atoms with Gasteiger partial charge in [0.1, 0.15) is 5.75 Å². The first-order valence-electron chi connectivity index (χ1n) is 7.36. The molecule has 0 spiro atoms. The standard InChI is InChI=1S/C16H23NO2/c1-2-3-4-5-12-19-15-10-7-9-14-13(15)8-6-11-16(18)17-14/h7,9-10H,2-6,8,11-12H2,1H3,(H,17,18). The lowest BCUT2D eigenvalue weighted by molar-refractivity contribution is -0.116. The van der Waals surface area contributed by atoms with Gasteiger partial charge < -0.3 is 10.1 Å². The molecular weight excluding hydrogens is 238 g/mol. The van der Waals surface area contributed by atoms with Gasteiger partial charge in [-0.1, -0.05) is 32.3 Å². The van der Waals surface area contributed by atoms with Crippen LogP contribution in [0.5, 0.6) is 5.75 Å². The number of hydrogen-bond donors (Lipinski definition) is 1. The molecule has 0 unspecified atom stereocenters. The van der Waals surface area contributed by atoms with Crippen molar-refractivity contribution in [1.29, 1.82) is 0 Å². The zero-order valence-corrected chi connectivity index (χ0v) is 11.7. The summed E-state index contributed by atoms with van der Waals surface area (Å²) >= 11 is 0. The van der Waals surface area contributed by atoms with Crippen LogP contribution >= 0.6 is 0 Å². The Morgan fingerprint density at radius 1 is 1.21 bits per heavy atom. The van der Waals surface area contributed by atoms with Crippen molar-refractivity contribution in [2.24, 2.45) is 0 Å². The molecule has 0 aliphatic carbocycles. The van der Waals surface area contributed by atoms with Crippen LogP contribution in [0.2, 0.25) is 0 Å². The first kappa shape index (κ1) is 13.9. The van der Waals surface area contributed by atoms with E-state index in [9.17, 15) is 4.79 Å². The van der Waals surface area contributed by atoms with Crippen molar-refractivity contribution in [1.82, 2.24) is 0 Å². The van der Waals surface area contributed by atoms with Gasteiger partial charge in [0, 0.05) is 17.7 Å². The average molecular weight is 261 g/mol. The molecule has 0 saturated carbocycles. The maximum Gasteiger partial charge on any atom is 0.224 e. The third-order valence-electron chi connectivity index (χ3n) is 3.49. The Hall–Kier alpha value is -1.51. The smallest absolute Gasteiger partial charge is 0.224 e. The van der Waals surface area contributed by atoms with Crippen molar-refractivity contribution in [3.05, 3.63) is 23.8 Å². The van der Waals surface area contributed by atoms with E-state index in [0.29, 0.717) is 6.42 Å². The van der Waals surface area contributed by atoms with Gasteiger partial charge >= 0.3 is 0 Å². The first-order chi connectivity index (χ1) is 9.31. The van der Waals surface area contributed by atoms with E-state index in [1.807, 2.05) is 18.2 Å². The Morgan fingerprint density at radius 2 is 2.11 bits per heavy atom. The molecule has 1 amide bonds. The highest BCUT2D eigenvalue weighted by molar-refractivity contribution is 5.92. The number of ether oxygens (including phenoxy) is 1. The van der Waals surface area contributed by atoms with Gasteiger partial charge in [0.2, 0.25) is 5.91 Å². The second kappa shape index (κ2) is 7.17. The van der Waals surface area contributed by atoms with E-state index < -0.39 is 0 Å². The molecule has 0 radical (unpaired) electrons. The molecule has 0 bridgehead atoms. The van der Waals surface area contributed by atoms with Crippen LogP contribution < -0.4 is 10.1 Å². The Kier molecular flexibility index (Phi) is 5.25. The van der Waals surface area contributed by atoms with Crippen LogP contribution in [0.4, 0.5) is 5.69 Å². The number of nitrogens with one attached hydrogen (secondary N) is 1. The van der Waals surface area contributed by atoms with Crippen LogP contribution in [0.3, 0.4) is 0 Å². The van der Waals surface area contributed by atoms with E-state index in [1.165, 1.54) is 19.3 Å². The number of benzene rings is 1. The number of rotatable bonds is 6. The van der Waals surface area contributed by atoms with Gasteiger partial charge in [-0.3, -0.25) is 4.79 Å². The van der Waals surface area contributed by atoms with Gasteiger partial charge in [0.15, 0.2) is 0 Å². The molecule has 104 valence electrons. The SMILES string of the molecule is CCCCCCOc1cccc2c1CCCC(=O)N2.